The molecule has 1 nitrogen and oxygen atoms in total. The first kappa shape index (κ1) is 6.22. The summed E-state index contributed by atoms with van der Waals surface area (Å²) >= 11 is 0. The normalized spacial score (nSPS) is 56.4. The second kappa shape index (κ2) is 1.30. The Morgan fingerprint density at radius 1 is 1.45 bits per heavy atom. The van der Waals surface area contributed by atoms with Crippen LogP contribution in [0.2, 0.25) is 0 Å². The molecule has 60 valence electrons. The van der Waals surface area contributed by atoms with Crippen molar-refractivity contribution in [2.75, 3.05) is 0 Å². The van der Waals surface area contributed by atoms with Gasteiger partial charge in [-0.25, -0.2) is 0 Å². The van der Waals surface area contributed by atoms with Gasteiger partial charge in [-0.15, -0.1) is 0 Å². The van der Waals surface area contributed by atoms with Gasteiger partial charge in [-0.1, -0.05) is 13.8 Å². The van der Waals surface area contributed by atoms with Gasteiger partial charge < -0.3 is 0 Å². The molecule has 3 fully saturated rings. The summed E-state index contributed by atoms with van der Waals surface area (Å²) in [6.07, 6.45) is 3.43. The van der Waals surface area contributed by atoms with Gasteiger partial charge in [0.05, 0.1) is 0 Å². The molecule has 3 aliphatic carbocycles. The highest BCUT2D eigenvalue weighted by Crippen LogP contribution is 2.84. The lowest BCUT2D eigenvalue weighted by Gasteiger charge is -2.37. The third-order valence-electron chi connectivity index (χ3n) is 4.87. The average molecular weight is 150 g/mol. The van der Waals surface area contributed by atoms with Crippen molar-refractivity contribution in [1.82, 2.24) is 0 Å². The fourth-order valence-electron chi connectivity index (χ4n) is 4.02. The maximum atomic E-state index is 11.4. The summed E-state index contributed by atoms with van der Waals surface area (Å²) in [6, 6.07) is 0. The lowest BCUT2D eigenvalue weighted by atomic mass is 9.66. The monoisotopic (exact) mass is 150 g/mol. The second-order valence-electron chi connectivity index (χ2n) is 5.08. The molecule has 0 aromatic carbocycles. The molecule has 1 spiro atoms. The third kappa shape index (κ3) is 0.380. The van der Waals surface area contributed by atoms with Gasteiger partial charge in [-0.2, -0.15) is 0 Å². The fourth-order valence-corrected chi connectivity index (χ4v) is 4.02. The maximum Gasteiger partial charge on any atom is 0.136 e. The predicted molar refractivity (Wildman–Crippen MR) is 42.1 cm³/mol. The van der Waals surface area contributed by atoms with Gasteiger partial charge in [0.15, 0.2) is 0 Å². The van der Waals surface area contributed by atoms with E-state index in [2.05, 4.69) is 13.8 Å². The lowest BCUT2D eigenvalue weighted by molar-refractivity contribution is -0.127. The van der Waals surface area contributed by atoms with E-state index in [-0.39, 0.29) is 0 Å². The highest BCUT2D eigenvalue weighted by molar-refractivity contribution is 5.88. The molecule has 3 aliphatic rings. The SMILES string of the molecule is CC1(C)[C@H]2CC(=O)C3CCC321. The summed E-state index contributed by atoms with van der Waals surface area (Å²) in [6.45, 7) is 4.69. The zero-order valence-electron chi connectivity index (χ0n) is 7.18. The minimum Gasteiger partial charge on any atom is -0.299 e. The van der Waals surface area contributed by atoms with Crippen molar-refractivity contribution in [2.45, 2.75) is 33.1 Å². The lowest BCUT2D eigenvalue weighted by Crippen LogP contribution is -2.34. The number of carbonyl (C=O) groups is 1. The van der Waals surface area contributed by atoms with E-state index in [9.17, 15) is 4.79 Å². The van der Waals surface area contributed by atoms with E-state index in [1.165, 1.54) is 12.8 Å². The van der Waals surface area contributed by atoms with Gasteiger partial charge in [0.25, 0.3) is 0 Å². The van der Waals surface area contributed by atoms with Crippen molar-refractivity contribution in [3.63, 3.8) is 0 Å². The smallest absolute Gasteiger partial charge is 0.136 e. The van der Waals surface area contributed by atoms with Crippen molar-refractivity contribution in [3.05, 3.63) is 0 Å². The minimum absolute atomic E-state index is 0.488. The van der Waals surface area contributed by atoms with Gasteiger partial charge in [-0.05, 0) is 29.6 Å². The third-order valence-corrected chi connectivity index (χ3v) is 4.87. The van der Waals surface area contributed by atoms with Gasteiger partial charge in [0.1, 0.15) is 5.78 Å². The number of hydrogen-bond acceptors (Lipinski definition) is 1. The van der Waals surface area contributed by atoms with Crippen molar-refractivity contribution >= 4 is 5.78 Å². The van der Waals surface area contributed by atoms with Crippen LogP contribution in [0, 0.1) is 22.7 Å². The molecule has 3 rings (SSSR count). The summed E-state index contributed by atoms with van der Waals surface area (Å²) in [5, 5.41) is 0. The quantitative estimate of drug-likeness (QED) is 0.516. The Labute approximate surface area is 67.2 Å². The first-order valence-corrected chi connectivity index (χ1v) is 4.63. The van der Waals surface area contributed by atoms with Gasteiger partial charge in [-0.3, -0.25) is 4.79 Å². The molecule has 0 amide bonds. The molecule has 0 saturated heterocycles. The Morgan fingerprint density at radius 2 is 2.18 bits per heavy atom. The summed E-state index contributed by atoms with van der Waals surface area (Å²) in [5.74, 6) is 1.82. The zero-order valence-corrected chi connectivity index (χ0v) is 7.18. The van der Waals surface area contributed by atoms with Crippen LogP contribution in [0.15, 0.2) is 0 Å². The van der Waals surface area contributed by atoms with E-state index >= 15 is 0 Å². The second-order valence-corrected chi connectivity index (χ2v) is 5.08. The van der Waals surface area contributed by atoms with Crippen LogP contribution in [0.3, 0.4) is 0 Å². The van der Waals surface area contributed by atoms with E-state index < -0.39 is 0 Å². The number of hydrogen-bond donors (Lipinski definition) is 0. The molecule has 0 heterocycles. The van der Waals surface area contributed by atoms with Crippen LogP contribution in [0.1, 0.15) is 33.1 Å². The number of rotatable bonds is 0. The highest BCUT2D eigenvalue weighted by atomic mass is 16.1. The van der Waals surface area contributed by atoms with Gasteiger partial charge in [0.2, 0.25) is 0 Å². The Morgan fingerprint density at radius 3 is 2.55 bits per heavy atom. The zero-order chi connectivity index (χ0) is 7.85. The topological polar surface area (TPSA) is 17.1 Å². The molecule has 0 bridgehead atoms. The molecule has 0 aliphatic heterocycles. The predicted octanol–water partition coefficient (Wildman–Crippen LogP) is 2.01. The largest absolute Gasteiger partial charge is 0.299 e. The van der Waals surface area contributed by atoms with Crippen molar-refractivity contribution in [1.29, 1.82) is 0 Å². The molecule has 0 aromatic heterocycles. The van der Waals surface area contributed by atoms with E-state index in [1.807, 2.05) is 0 Å². The van der Waals surface area contributed by atoms with Crippen molar-refractivity contribution in [2.24, 2.45) is 22.7 Å². The minimum atomic E-state index is 0.488. The van der Waals surface area contributed by atoms with Gasteiger partial charge in [0, 0.05) is 12.3 Å². The molecule has 3 atom stereocenters. The Bertz CT molecular complexity index is 254. The molecule has 3 saturated carbocycles. The maximum absolute atomic E-state index is 11.4. The Kier molecular flexibility index (Phi) is 0.733. The van der Waals surface area contributed by atoms with Crippen LogP contribution in [-0.4, -0.2) is 5.78 Å². The molecular weight excluding hydrogens is 136 g/mol. The van der Waals surface area contributed by atoms with Crippen LogP contribution in [-0.2, 0) is 4.79 Å². The molecule has 0 aromatic rings. The molecule has 11 heavy (non-hydrogen) atoms. The van der Waals surface area contributed by atoms with Crippen molar-refractivity contribution in [3.8, 4) is 0 Å². The van der Waals surface area contributed by atoms with E-state index in [1.54, 1.807) is 0 Å². The summed E-state index contributed by atoms with van der Waals surface area (Å²) in [5.41, 5.74) is 1.04. The van der Waals surface area contributed by atoms with Crippen LogP contribution in [0.25, 0.3) is 0 Å². The van der Waals surface area contributed by atoms with E-state index in [0.29, 0.717) is 22.5 Å². The van der Waals surface area contributed by atoms with E-state index in [4.69, 9.17) is 0 Å². The Balaban J connectivity index is 2.05. The fraction of sp³-hybridized carbons (Fsp3) is 0.900. The number of ketones is 1. The summed E-state index contributed by atoms with van der Waals surface area (Å²) in [7, 11) is 0. The van der Waals surface area contributed by atoms with Crippen molar-refractivity contribution < 1.29 is 4.79 Å². The Hall–Kier alpha value is -0.330. The number of carbonyl (C=O) groups excluding carboxylic acids is 1. The average Bonchev–Trinajstić information content (AvgIpc) is 2.19. The van der Waals surface area contributed by atoms with Crippen LogP contribution < -0.4 is 0 Å². The standard InChI is InChI=1S/C10H14O/c1-9(2)8-5-7(11)6-3-4-10(6,8)9/h6,8H,3-5H2,1-2H3/t6?,8-,10?/m1/s1. The summed E-state index contributed by atoms with van der Waals surface area (Å²) < 4.78 is 0. The molecule has 0 N–H and O–H groups in total. The van der Waals surface area contributed by atoms with E-state index in [0.717, 1.165) is 12.3 Å². The first-order valence-electron chi connectivity index (χ1n) is 4.63. The molecule has 0 radical (unpaired) electrons. The molecule has 2 unspecified atom stereocenters. The van der Waals surface area contributed by atoms with Gasteiger partial charge >= 0.3 is 0 Å². The van der Waals surface area contributed by atoms with Crippen LogP contribution in [0.4, 0.5) is 0 Å². The highest BCUT2D eigenvalue weighted by Gasteiger charge is 2.81. The summed E-state index contributed by atoms with van der Waals surface area (Å²) in [4.78, 5) is 11.4. The van der Waals surface area contributed by atoms with Crippen LogP contribution in [0.5, 0.6) is 0 Å². The van der Waals surface area contributed by atoms with Crippen LogP contribution >= 0.6 is 0 Å². The molecule has 1 heteroatoms. The number of Topliss-reactive ketones (excluding diaryl/α,β-unsaturated/α-hetero) is 1. The molecular formula is C10H14O. The first-order chi connectivity index (χ1) is 5.11.